The highest BCUT2D eigenvalue weighted by molar-refractivity contribution is 5.99. The Morgan fingerprint density at radius 1 is 1.08 bits per heavy atom. The van der Waals surface area contributed by atoms with Crippen molar-refractivity contribution in [2.45, 2.75) is 46.2 Å². The number of carbonyl (C=O) groups excluding carboxylic acids is 1. The molecule has 2 aromatic carbocycles. The minimum atomic E-state index is -1.16. The van der Waals surface area contributed by atoms with E-state index in [2.05, 4.69) is 20.8 Å². The second kappa shape index (κ2) is 11.7. The molecule has 1 unspecified atom stereocenters. The van der Waals surface area contributed by atoms with Gasteiger partial charge >= 0.3 is 5.97 Å². The van der Waals surface area contributed by atoms with Gasteiger partial charge in [-0.15, -0.1) is 0 Å². The third kappa shape index (κ3) is 6.42. The van der Waals surface area contributed by atoms with Gasteiger partial charge in [0, 0.05) is 29.8 Å². The number of halogens is 1. The van der Waals surface area contributed by atoms with Gasteiger partial charge in [-0.2, -0.15) is 0 Å². The summed E-state index contributed by atoms with van der Waals surface area (Å²) in [4.78, 5) is 29.1. The molecule has 2 aromatic heterocycles. The van der Waals surface area contributed by atoms with Gasteiger partial charge in [-0.3, -0.25) is 4.79 Å². The molecule has 0 saturated carbocycles. The number of hydrogen-bond acceptors (Lipinski definition) is 6. The Labute approximate surface area is 219 Å². The summed E-state index contributed by atoms with van der Waals surface area (Å²) in [5.74, 6) is -0.731. The van der Waals surface area contributed by atoms with Crippen molar-refractivity contribution in [3.63, 3.8) is 0 Å². The Bertz CT molecular complexity index is 1450. The van der Waals surface area contributed by atoms with E-state index in [1.54, 1.807) is 25.3 Å². The molecule has 4 aromatic rings. The molecule has 0 spiro atoms. The minimum absolute atomic E-state index is 0.0839. The number of aromatic nitrogens is 2. The lowest BCUT2D eigenvalue weighted by Crippen LogP contribution is -2.42. The average Bonchev–Trinajstić information content (AvgIpc) is 3.36. The topological polar surface area (TPSA) is 117 Å². The maximum Gasteiger partial charge on any atom is 0.326 e. The summed E-state index contributed by atoms with van der Waals surface area (Å²) in [6, 6.07) is 14.3. The molecule has 4 rings (SSSR count). The number of benzene rings is 2. The number of anilines is 1. The van der Waals surface area contributed by atoms with E-state index >= 15 is 0 Å². The summed E-state index contributed by atoms with van der Waals surface area (Å²) in [7, 11) is 0. The zero-order valence-electron chi connectivity index (χ0n) is 21.4. The lowest BCUT2D eigenvalue weighted by Gasteiger charge is -2.17. The maximum absolute atomic E-state index is 13.8. The van der Waals surface area contributed by atoms with E-state index in [1.165, 1.54) is 12.1 Å². The fraction of sp³-hybridized carbons (Fsp3) is 0.241. The van der Waals surface area contributed by atoms with Crippen LogP contribution in [0.15, 0.2) is 65.3 Å². The van der Waals surface area contributed by atoms with Gasteiger partial charge in [-0.1, -0.05) is 36.3 Å². The van der Waals surface area contributed by atoms with E-state index in [9.17, 15) is 19.1 Å². The summed E-state index contributed by atoms with van der Waals surface area (Å²) in [6.45, 7) is 5.87. The fourth-order valence-corrected chi connectivity index (χ4v) is 4.24. The zero-order valence-corrected chi connectivity index (χ0v) is 21.4. The van der Waals surface area contributed by atoms with Crippen molar-refractivity contribution in [2.75, 3.05) is 5.32 Å². The molecular weight excluding hydrogens is 487 g/mol. The molecule has 0 aliphatic carbocycles. The highest BCUT2D eigenvalue weighted by atomic mass is 19.1. The number of aryl methyl sites for hydroxylation is 3. The van der Waals surface area contributed by atoms with E-state index < -0.39 is 23.7 Å². The Balaban J connectivity index is 1.41. The summed E-state index contributed by atoms with van der Waals surface area (Å²) < 4.78 is 19.2. The van der Waals surface area contributed by atoms with Gasteiger partial charge < -0.3 is 20.3 Å². The molecule has 8 nitrogen and oxygen atoms in total. The number of carboxylic acids is 1. The Kier molecular flexibility index (Phi) is 8.15. The van der Waals surface area contributed by atoms with E-state index in [-0.39, 0.29) is 6.42 Å². The molecule has 1 atom stereocenters. The summed E-state index contributed by atoms with van der Waals surface area (Å²) in [5, 5.41) is 19.7. The smallest absolute Gasteiger partial charge is 0.326 e. The van der Waals surface area contributed by atoms with Gasteiger partial charge in [-0.05, 0) is 66.8 Å². The van der Waals surface area contributed by atoms with Gasteiger partial charge in [0.2, 0.25) is 0 Å². The van der Waals surface area contributed by atoms with Gasteiger partial charge in [0.15, 0.2) is 5.76 Å². The number of nitrogens with zero attached hydrogens (tertiary/aromatic N) is 2. The van der Waals surface area contributed by atoms with Gasteiger partial charge in [0.1, 0.15) is 23.4 Å². The third-order valence-electron chi connectivity index (χ3n) is 6.20. The normalized spacial score (nSPS) is 11.7. The van der Waals surface area contributed by atoms with Crippen LogP contribution in [0.4, 0.5) is 10.2 Å². The number of nitrogens with one attached hydrogen (secondary N) is 2. The molecule has 0 aliphatic heterocycles. The molecule has 0 fully saturated rings. The van der Waals surface area contributed by atoms with Crippen LogP contribution in [0.3, 0.4) is 0 Å². The molecule has 0 bridgehead atoms. The number of carbonyl (C=O) groups is 2. The quantitative estimate of drug-likeness (QED) is 0.269. The number of aliphatic carboxylic acids is 1. The summed E-state index contributed by atoms with van der Waals surface area (Å²) in [5.41, 5.74) is 4.59. The maximum atomic E-state index is 13.8. The second-order valence-corrected chi connectivity index (χ2v) is 9.13. The van der Waals surface area contributed by atoms with Crippen LogP contribution in [0.25, 0.3) is 11.3 Å². The number of pyridine rings is 1. The lowest BCUT2D eigenvalue weighted by atomic mass is 9.98. The highest BCUT2D eigenvalue weighted by Crippen LogP contribution is 2.22. The molecule has 3 N–H and O–H groups in total. The molecule has 1 amide bonds. The first-order valence-electron chi connectivity index (χ1n) is 12.3. The van der Waals surface area contributed by atoms with Crippen LogP contribution >= 0.6 is 0 Å². The largest absolute Gasteiger partial charge is 0.480 e. The third-order valence-corrected chi connectivity index (χ3v) is 6.20. The van der Waals surface area contributed by atoms with Crippen molar-refractivity contribution in [2.24, 2.45) is 0 Å². The predicted octanol–water partition coefficient (Wildman–Crippen LogP) is 5.09. The SMILES string of the molecule is CCc1cc(F)cc(C)c1C(=O)NC(Cc1ccc(-c2cc(CNc3cc(C)ccn3)on2)cc1)C(=O)O. The first-order chi connectivity index (χ1) is 18.2. The van der Waals surface area contributed by atoms with Crippen molar-refractivity contribution in [3.8, 4) is 11.3 Å². The minimum Gasteiger partial charge on any atom is -0.480 e. The molecule has 0 aliphatic rings. The Morgan fingerprint density at radius 3 is 2.53 bits per heavy atom. The first-order valence-corrected chi connectivity index (χ1v) is 12.3. The van der Waals surface area contributed by atoms with E-state index in [0.717, 1.165) is 22.5 Å². The van der Waals surface area contributed by atoms with E-state index in [0.29, 0.717) is 41.1 Å². The predicted molar refractivity (Wildman–Crippen MR) is 141 cm³/mol. The van der Waals surface area contributed by atoms with Crippen LogP contribution in [0.1, 0.15) is 45.3 Å². The number of rotatable bonds is 10. The van der Waals surface area contributed by atoms with Crippen LogP contribution in [0.2, 0.25) is 0 Å². The van der Waals surface area contributed by atoms with Gasteiger partial charge in [0.05, 0.1) is 6.54 Å². The molecular formula is C29H29FN4O4. The Morgan fingerprint density at radius 2 is 1.84 bits per heavy atom. The van der Waals surface area contributed by atoms with Crippen LogP contribution in [-0.4, -0.2) is 33.2 Å². The van der Waals surface area contributed by atoms with Gasteiger partial charge in [-0.25, -0.2) is 14.2 Å². The zero-order chi connectivity index (χ0) is 27.2. The fourth-order valence-electron chi connectivity index (χ4n) is 4.24. The van der Waals surface area contributed by atoms with Crippen LogP contribution in [-0.2, 0) is 24.2 Å². The summed E-state index contributed by atoms with van der Waals surface area (Å²) in [6.07, 6.45) is 2.27. The molecule has 0 radical (unpaired) electrons. The average molecular weight is 517 g/mol. The highest BCUT2D eigenvalue weighted by Gasteiger charge is 2.24. The first kappa shape index (κ1) is 26.5. The molecule has 38 heavy (non-hydrogen) atoms. The lowest BCUT2D eigenvalue weighted by molar-refractivity contribution is -0.139. The number of amides is 1. The summed E-state index contributed by atoms with van der Waals surface area (Å²) >= 11 is 0. The second-order valence-electron chi connectivity index (χ2n) is 9.13. The number of carboxylic acid groups (broad SMARTS) is 1. The van der Waals surface area contributed by atoms with Crippen LogP contribution in [0, 0.1) is 19.7 Å². The van der Waals surface area contributed by atoms with Crippen molar-refractivity contribution in [1.82, 2.24) is 15.5 Å². The van der Waals surface area contributed by atoms with E-state index in [1.807, 2.05) is 44.2 Å². The number of hydrogen-bond donors (Lipinski definition) is 3. The van der Waals surface area contributed by atoms with Gasteiger partial charge in [0.25, 0.3) is 5.91 Å². The van der Waals surface area contributed by atoms with E-state index in [4.69, 9.17) is 4.52 Å². The van der Waals surface area contributed by atoms with Crippen molar-refractivity contribution < 1.29 is 23.6 Å². The monoisotopic (exact) mass is 516 g/mol. The Hall–Kier alpha value is -4.53. The van der Waals surface area contributed by atoms with Crippen LogP contribution < -0.4 is 10.6 Å². The van der Waals surface area contributed by atoms with Crippen molar-refractivity contribution in [3.05, 3.63) is 100 Å². The molecule has 0 saturated heterocycles. The molecule has 2 heterocycles. The molecule has 9 heteroatoms. The molecule has 196 valence electrons. The standard InChI is InChI=1S/C29H29FN4O4/c1-4-20-14-22(30)12-18(3)27(20)28(35)33-25(29(36)37)13-19-5-7-21(8-6-19)24-15-23(38-34-24)16-32-26-11-17(2)9-10-31-26/h5-12,14-15,25H,4,13,16H2,1-3H3,(H,31,32)(H,33,35)(H,36,37). The van der Waals surface area contributed by atoms with Crippen LogP contribution in [0.5, 0.6) is 0 Å². The van der Waals surface area contributed by atoms with Crippen molar-refractivity contribution in [1.29, 1.82) is 0 Å². The van der Waals surface area contributed by atoms with Crippen molar-refractivity contribution >= 4 is 17.7 Å².